The topological polar surface area (TPSA) is 66.5 Å². The minimum atomic E-state index is 0. The monoisotopic (exact) mass is 365 g/mol. The van der Waals surface area contributed by atoms with E-state index in [2.05, 4.69) is 34.0 Å². The van der Waals surface area contributed by atoms with Crippen LogP contribution in [0.2, 0.25) is 0 Å². The van der Waals surface area contributed by atoms with E-state index in [9.17, 15) is 5.26 Å². The van der Waals surface area contributed by atoms with Crippen molar-refractivity contribution < 1.29 is 0 Å². The highest BCUT2D eigenvalue weighted by atomic mass is 35.5. The number of fused-ring (bicyclic) bond motifs is 1. The first kappa shape index (κ1) is 18.1. The third-order valence-electron chi connectivity index (χ3n) is 4.70. The van der Waals surface area contributed by atoms with E-state index in [1.807, 2.05) is 36.7 Å². The molecule has 0 atom stereocenters. The smallest absolute Gasteiger partial charge is 0.100 e. The van der Waals surface area contributed by atoms with Gasteiger partial charge in [-0.05, 0) is 41.8 Å². The molecule has 0 spiro atoms. The Labute approximate surface area is 159 Å². The molecule has 0 radical (unpaired) electrons. The van der Waals surface area contributed by atoms with Gasteiger partial charge < -0.3 is 5.32 Å². The molecule has 132 valence electrons. The minimum absolute atomic E-state index is 0. The summed E-state index contributed by atoms with van der Waals surface area (Å²) < 4.78 is 2.10. The average molecular weight is 366 g/mol. The molecule has 26 heavy (non-hydrogen) atoms. The van der Waals surface area contributed by atoms with Gasteiger partial charge in [0.15, 0.2) is 0 Å². The molecule has 1 aliphatic rings. The maximum atomic E-state index is 9.29. The Morgan fingerprint density at radius 3 is 2.73 bits per heavy atom. The molecule has 0 saturated carbocycles. The zero-order valence-corrected chi connectivity index (χ0v) is 15.4. The number of benzene rings is 1. The van der Waals surface area contributed by atoms with Crippen LogP contribution in [0.4, 0.5) is 0 Å². The highest BCUT2D eigenvalue weighted by molar-refractivity contribution is 5.85. The fourth-order valence-electron chi connectivity index (χ4n) is 3.42. The molecule has 0 saturated heterocycles. The second kappa shape index (κ2) is 7.69. The molecule has 0 fully saturated rings. The van der Waals surface area contributed by atoms with Crippen LogP contribution in [0.15, 0.2) is 42.7 Å². The van der Waals surface area contributed by atoms with Gasteiger partial charge in [0.2, 0.25) is 0 Å². The normalized spacial score (nSPS) is 12.8. The van der Waals surface area contributed by atoms with Crippen LogP contribution in [0.5, 0.6) is 0 Å². The zero-order valence-electron chi connectivity index (χ0n) is 14.6. The van der Waals surface area contributed by atoms with E-state index in [1.54, 1.807) is 0 Å². The summed E-state index contributed by atoms with van der Waals surface area (Å²) in [7, 11) is 0. The molecule has 6 heteroatoms. The van der Waals surface area contributed by atoms with Gasteiger partial charge in [-0.15, -0.1) is 12.4 Å². The largest absolute Gasteiger partial charge is 0.309 e. The van der Waals surface area contributed by atoms with Gasteiger partial charge in [0, 0.05) is 36.6 Å². The summed E-state index contributed by atoms with van der Waals surface area (Å²) in [5, 5.41) is 17.6. The summed E-state index contributed by atoms with van der Waals surface area (Å²) in [6, 6.07) is 12.3. The van der Waals surface area contributed by atoms with Gasteiger partial charge in [-0.25, -0.2) is 0 Å². The first-order chi connectivity index (χ1) is 12.3. The number of hydrogen-bond acceptors (Lipinski definition) is 4. The highest BCUT2D eigenvalue weighted by Gasteiger charge is 2.22. The maximum absolute atomic E-state index is 9.29. The molecule has 0 unspecified atom stereocenters. The second-order valence-electron chi connectivity index (χ2n) is 6.14. The molecule has 5 nitrogen and oxygen atoms in total. The van der Waals surface area contributed by atoms with E-state index in [-0.39, 0.29) is 12.4 Å². The maximum Gasteiger partial charge on any atom is 0.100 e. The lowest BCUT2D eigenvalue weighted by Gasteiger charge is -2.16. The summed E-state index contributed by atoms with van der Waals surface area (Å²) in [6.45, 7) is 4.68. The van der Waals surface area contributed by atoms with Crippen molar-refractivity contribution in [3.63, 3.8) is 0 Å². The SMILES string of the molecule is CCc1cc(-c2nn3c(c2-c2ccncc2)CNCC3)ccc1C#N.Cl. The predicted octanol–water partition coefficient (Wildman–Crippen LogP) is 3.57. The zero-order chi connectivity index (χ0) is 17.2. The summed E-state index contributed by atoms with van der Waals surface area (Å²) in [4.78, 5) is 4.14. The molecule has 1 N–H and O–H groups in total. The Hall–Kier alpha value is -2.68. The molecular formula is C20H20ClN5. The first-order valence-electron chi connectivity index (χ1n) is 8.56. The minimum Gasteiger partial charge on any atom is -0.309 e. The Morgan fingerprint density at radius 2 is 2.00 bits per heavy atom. The Kier molecular flexibility index (Phi) is 5.36. The van der Waals surface area contributed by atoms with E-state index in [1.165, 1.54) is 5.69 Å². The molecule has 3 heterocycles. The van der Waals surface area contributed by atoms with Crippen molar-refractivity contribution in [2.75, 3.05) is 6.54 Å². The number of aryl methyl sites for hydroxylation is 1. The molecule has 4 rings (SSSR count). The molecule has 1 aliphatic heterocycles. The van der Waals surface area contributed by atoms with Crippen molar-refractivity contribution in [3.8, 4) is 28.5 Å². The fraction of sp³-hybridized carbons (Fsp3) is 0.250. The van der Waals surface area contributed by atoms with Crippen LogP contribution in [0.3, 0.4) is 0 Å². The first-order valence-corrected chi connectivity index (χ1v) is 8.56. The van der Waals surface area contributed by atoms with E-state index in [0.717, 1.165) is 59.6 Å². The lowest BCUT2D eigenvalue weighted by atomic mass is 9.96. The average Bonchev–Trinajstić information content (AvgIpc) is 3.07. The quantitative estimate of drug-likeness (QED) is 0.770. The molecule has 1 aromatic carbocycles. The van der Waals surface area contributed by atoms with Gasteiger partial charge in [-0.2, -0.15) is 10.4 Å². The molecule has 0 aliphatic carbocycles. The number of halogens is 1. The van der Waals surface area contributed by atoms with Crippen molar-refractivity contribution in [3.05, 3.63) is 59.5 Å². The standard InChI is InChI=1S/C20H19N5.ClH/c1-2-14-11-16(3-4-17(14)12-21)20-19(15-5-7-22-8-6-15)18-13-23-9-10-25(18)24-20;/h3-8,11,23H,2,9-10,13H2,1H3;1H. The molecule has 3 aromatic rings. The lowest BCUT2D eigenvalue weighted by Crippen LogP contribution is -2.28. The fourth-order valence-corrected chi connectivity index (χ4v) is 3.42. The number of nitrogens with zero attached hydrogens (tertiary/aromatic N) is 4. The van der Waals surface area contributed by atoms with E-state index < -0.39 is 0 Å². The van der Waals surface area contributed by atoms with Crippen molar-refractivity contribution in [1.29, 1.82) is 5.26 Å². The summed E-state index contributed by atoms with van der Waals surface area (Å²) in [6.07, 6.45) is 4.46. The van der Waals surface area contributed by atoms with E-state index in [0.29, 0.717) is 0 Å². The summed E-state index contributed by atoms with van der Waals surface area (Å²) >= 11 is 0. The van der Waals surface area contributed by atoms with Gasteiger partial charge in [0.1, 0.15) is 5.69 Å². The number of rotatable bonds is 3. The molecule has 0 bridgehead atoms. The summed E-state index contributed by atoms with van der Waals surface area (Å²) in [5.74, 6) is 0. The van der Waals surface area contributed by atoms with Crippen molar-refractivity contribution in [2.45, 2.75) is 26.4 Å². The highest BCUT2D eigenvalue weighted by Crippen LogP contribution is 2.35. The van der Waals surface area contributed by atoms with Gasteiger partial charge in [0.25, 0.3) is 0 Å². The number of aromatic nitrogens is 3. The van der Waals surface area contributed by atoms with Crippen LogP contribution in [-0.2, 0) is 19.5 Å². The van der Waals surface area contributed by atoms with Crippen molar-refractivity contribution >= 4 is 12.4 Å². The van der Waals surface area contributed by atoms with E-state index >= 15 is 0 Å². The molecular weight excluding hydrogens is 346 g/mol. The van der Waals surface area contributed by atoms with Gasteiger partial charge in [-0.3, -0.25) is 9.67 Å². The molecule has 0 amide bonds. The number of hydrogen-bond donors (Lipinski definition) is 1. The second-order valence-corrected chi connectivity index (χ2v) is 6.14. The number of nitrogens with one attached hydrogen (secondary N) is 1. The molecule has 2 aromatic heterocycles. The predicted molar refractivity (Wildman–Crippen MR) is 104 cm³/mol. The van der Waals surface area contributed by atoms with Crippen LogP contribution in [0, 0.1) is 11.3 Å². The third kappa shape index (κ3) is 3.10. The lowest BCUT2D eigenvalue weighted by molar-refractivity contribution is 0.477. The van der Waals surface area contributed by atoms with Gasteiger partial charge in [0.05, 0.1) is 23.9 Å². The Bertz CT molecular complexity index is 956. The summed E-state index contributed by atoms with van der Waals surface area (Å²) in [5.41, 5.74) is 7.31. The van der Waals surface area contributed by atoms with Crippen LogP contribution in [-0.4, -0.2) is 21.3 Å². The third-order valence-corrected chi connectivity index (χ3v) is 4.70. The van der Waals surface area contributed by atoms with Crippen LogP contribution < -0.4 is 5.32 Å². The Morgan fingerprint density at radius 1 is 1.19 bits per heavy atom. The van der Waals surface area contributed by atoms with Crippen LogP contribution in [0.1, 0.15) is 23.7 Å². The van der Waals surface area contributed by atoms with Gasteiger partial charge in [-0.1, -0.05) is 13.0 Å². The van der Waals surface area contributed by atoms with Gasteiger partial charge >= 0.3 is 0 Å². The van der Waals surface area contributed by atoms with Crippen molar-refractivity contribution in [1.82, 2.24) is 20.1 Å². The number of nitriles is 1. The van der Waals surface area contributed by atoms with Crippen LogP contribution in [0.25, 0.3) is 22.4 Å². The Balaban J connectivity index is 0.00000196. The van der Waals surface area contributed by atoms with Crippen LogP contribution >= 0.6 is 12.4 Å². The van der Waals surface area contributed by atoms with E-state index in [4.69, 9.17) is 5.10 Å². The number of pyridine rings is 1. The van der Waals surface area contributed by atoms with Crippen molar-refractivity contribution in [2.24, 2.45) is 0 Å².